The van der Waals surface area contributed by atoms with Crippen molar-refractivity contribution in [2.75, 3.05) is 13.1 Å². The van der Waals surface area contributed by atoms with Crippen LogP contribution in [0, 0.1) is 5.92 Å². The van der Waals surface area contributed by atoms with E-state index in [-0.39, 0.29) is 23.8 Å². The average Bonchev–Trinajstić information content (AvgIpc) is 3.39. The largest absolute Gasteiger partial charge is 0.353 e. The Morgan fingerprint density at radius 1 is 1.18 bits per heavy atom. The third-order valence-electron chi connectivity index (χ3n) is 4.19. The third-order valence-corrected chi connectivity index (χ3v) is 4.19. The molecule has 1 saturated heterocycles. The molecule has 1 aliphatic carbocycles. The second kappa shape index (κ2) is 6.73. The Morgan fingerprint density at radius 2 is 1.95 bits per heavy atom. The zero-order chi connectivity index (χ0) is 15.4. The molecule has 0 aromatic carbocycles. The minimum absolute atomic E-state index is 0.0117. The maximum absolute atomic E-state index is 12.1. The van der Waals surface area contributed by atoms with Crippen LogP contribution in [-0.2, 0) is 9.59 Å². The van der Waals surface area contributed by atoms with Gasteiger partial charge in [0, 0.05) is 37.3 Å². The second-order valence-electron chi connectivity index (χ2n) is 5.97. The summed E-state index contributed by atoms with van der Waals surface area (Å²) in [7, 11) is 0. The molecule has 2 aliphatic rings. The first-order valence-corrected chi connectivity index (χ1v) is 7.91. The molecule has 2 amide bonds. The second-order valence-corrected chi connectivity index (χ2v) is 5.97. The lowest BCUT2D eigenvalue weighted by Crippen LogP contribution is -2.46. The number of hydrogen-bond donors (Lipinski definition) is 1. The standard InChI is InChI=1S/C17H21N3O2/c21-16(7-6-14-3-1-2-10-18-14)20-11-8-15(9-12-20)19-17(22)13-4-5-13/h1-3,6-7,10,13,15H,4-5,8-9,11-12H2,(H,19,22)/b7-6+. The molecule has 22 heavy (non-hydrogen) atoms. The molecule has 1 aromatic heterocycles. The normalized spacial score (nSPS) is 19.4. The molecule has 1 saturated carbocycles. The fourth-order valence-corrected chi connectivity index (χ4v) is 2.65. The summed E-state index contributed by atoms with van der Waals surface area (Å²) in [6.45, 7) is 1.39. The van der Waals surface area contributed by atoms with Gasteiger partial charge in [-0.3, -0.25) is 14.6 Å². The predicted octanol–water partition coefficient (Wildman–Crippen LogP) is 1.61. The summed E-state index contributed by atoms with van der Waals surface area (Å²) in [5, 5.41) is 3.09. The molecular formula is C17H21N3O2. The molecule has 1 aliphatic heterocycles. The van der Waals surface area contributed by atoms with Crippen LogP contribution in [0.5, 0.6) is 0 Å². The summed E-state index contributed by atoms with van der Waals surface area (Å²) < 4.78 is 0. The number of likely N-dealkylation sites (tertiary alicyclic amines) is 1. The lowest BCUT2D eigenvalue weighted by atomic mass is 10.0. The summed E-state index contributed by atoms with van der Waals surface area (Å²) >= 11 is 0. The van der Waals surface area contributed by atoms with Crippen LogP contribution in [0.15, 0.2) is 30.5 Å². The van der Waals surface area contributed by atoms with Crippen LogP contribution in [0.1, 0.15) is 31.4 Å². The van der Waals surface area contributed by atoms with Crippen molar-refractivity contribution in [3.63, 3.8) is 0 Å². The number of amides is 2. The highest BCUT2D eigenvalue weighted by Crippen LogP contribution is 2.29. The number of carbonyl (C=O) groups excluding carboxylic acids is 2. The van der Waals surface area contributed by atoms with Crippen LogP contribution in [0.4, 0.5) is 0 Å². The smallest absolute Gasteiger partial charge is 0.246 e. The minimum atomic E-state index is 0.0117. The molecule has 116 valence electrons. The molecule has 0 atom stereocenters. The van der Waals surface area contributed by atoms with E-state index in [0.717, 1.165) is 31.4 Å². The third kappa shape index (κ3) is 3.93. The van der Waals surface area contributed by atoms with E-state index in [2.05, 4.69) is 10.3 Å². The van der Waals surface area contributed by atoms with Crippen LogP contribution in [0.3, 0.4) is 0 Å². The van der Waals surface area contributed by atoms with Gasteiger partial charge in [0.2, 0.25) is 11.8 Å². The van der Waals surface area contributed by atoms with Crippen molar-refractivity contribution in [2.45, 2.75) is 31.7 Å². The van der Waals surface area contributed by atoms with Crippen LogP contribution >= 0.6 is 0 Å². The van der Waals surface area contributed by atoms with Gasteiger partial charge in [-0.25, -0.2) is 0 Å². The van der Waals surface area contributed by atoms with Gasteiger partial charge in [-0.05, 0) is 43.9 Å². The van der Waals surface area contributed by atoms with Gasteiger partial charge in [-0.15, -0.1) is 0 Å². The number of nitrogens with one attached hydrogen (secondary N) is 1. The molecule has 0 unspecified atom stereocenters. The van der Waals surface area contributed by atoms with Crippen molar-refractivity contribution < 1.29 is 9.59 Å². The molecule has 5 heteroatoms. The van der Waals surface area contributed by atoms with Crippen molar-refractivity contribution >= 4 is 17.9 Å². The first-order valence-electron chi connectivity index (χ1n) is 7.91. The van der Waals surface area contributed by atoms with Gasteiger partial charge in [-0.1, -0.05) is 6.07 Å². The van der Waals surface area contributed by atoms with Gasteiger partial charge >= 0.3 is 0 Å². The molecule has 0 spiro atoms. The van der Waals surface area contributed by atoms with Crippen molar-refractivity contribution in [1.29, 1.82) is 0 Å². The van der Waals surface area contributed by atoms with Crippen molar-refractivity contribution in [1.82, 2.24) is 15.2 Å². The molecule has 1 aromatic rings. The van der Waals surface area contributed by atoms with Gasteiger partial charge in [-0.2, -0.15) is 0 Å². The summed E-state index contributed by atoms with van der Waals surface area (Å²) in [5.74, 6) is 0.457. The Kier molecular flexibility index (Phi) is 4.51. The minimum Gasteiger partial charge on any atom is -0.353 e. The van der Waals surface area contributed by atoms with E-state index >= 15 is 0 Å². The highest BCUT2D eigenvalue weighted by Gasteiger charge is 2.32. The molecule has 5 nitrogen and oxygen atoms in total. The fraction of sp³-hybridized carbons (Fsp3) is 0.471. The number of nitrogens with zero attached hydrogens (tertiary/aromatic N) is 2. The Morgan fingerprint density at radius 3 is 2.59 bits per heavy atom. The monoisotopic (exact) mass is 299 g/mol. The Hall–Kier alpha value is -2.17. The Labute approximate surface area is 130 Å². The van der Waals surface area contributed by atoms with Gasteiger partial charge in [0.15, 0.2) is 0 Å². The summed E-state index contributed by atoms with van der Waals surface area (Å²) in [6, 6.07) is 5.83. The zero-order valence-corrected chi connectivity index (χ0v) is 12.6. The van der Waals surface area contributed by atoms with E-state index in [0.29, 0.717) is 13.1 Å². The summed E-state index contributed by atoms with van der Waals surface area (Å²) in [6.07, 6.45) is 8.75. The molecular weight excluding hydrogens is 278 g/mol. The van der Waals surface area contributed by atoms with Crippen molar-refractivity contribution in [3.05, 3.63) is 36.2 Å². The Balaban J connectivity index is 1.45. The van der Waals surface area contributed by atoms with Gasteiger partial charge in [0.05, 0.1) is 5.69 Å². The highest BCUT2D eigenvalue weighted by atomic mass is 16.2. The number of hydrogen-bond acceptors (Lipinski definition) is 3. The molecule has 2 fully saturated rings. The lowest BCUT2D eigenvalue weighted by molar-refractivity contribution is -0.127. The molecule has 0 bridgehead atoms. The van der Waals surface area contributed by atoms with Crippen LogP contribution in [-0.4, -0.2) is 40.8 Å². The highest BCUT2D eigenvalue weighted by molar-refractivity contribution is 5.91. The molecule has 1 N–H and O–H groups in total. The Bertz CT molecular complexity index is 559. The number of rotatable bonds is 4. The van der Waals surface area contributed by atoms with Crippen molar-refractivity contribution in [2.24, 2.45) is 5.92 Å². The quantitative estimate of drug-likeness (QED) is 0.859. The molecule has 0 radical (unpaired) electrons. The van der Waals surface area contributed by atoms with Crippen LogP contribution in [0.2, 0.25) is 0 Å². The number of carbonyl (C=O) groups is 2. The van der Waals surface area contributed by atoms with Crippen molar-refractivity contribution in [3.8, 4) is 0 Å². The molecule has 2 heterocycles. The van der Waals surface area contributed by atoms with E-state index in [9.17, 15) is 9.59 Å². The summed E-state index contributed by atoms with van der Waals surface area (Å²) in [5.41, 5.74) is 0.780. The van der Waals surface area contributed by atoms with E-state index in [1.807, 2.05) is 23.1 Å². The first-order chi connectivity index (χ1) is 10.7. The van der Waals surface area contributed by atoms with E-state index in [4.69, 9.17) is 0 Å². The van der Waals surface area contributed by atoms with Crippen LogP contribution < -0.4 is 5.32 Å². The maximum Gasteiger partial charge on any atom is 0.246 e. The first kappa shape index (κ1) is 14.8. The number of aromatic nitrogens is 1. The maximum atomic E-state index is 12.1. The van der Waals surface area contributed by atoms with Gasteiger partial charge in [0.25, 0.3) is 0 Å². The zero-order valence-electron chi connectivity index (χ0n) is 12.6. The van der Waals surface area contributed by atoms with Crippen LogP contribution in [0.25, 0.3) is 6.08 Å². The number of pyridine rings is 1. The number of piperidine rings is 1. The predicted molar refractivity (Wildman–Crippen MR) is 83.7 cm³/mol. The SMILES string of the molecule is O=C(NC1CCN(C(=O)/C=C/c2ccccn2)CC1)C1CC1. The average molecular weight is 299 g/mol. The molecule has 3 rings (SSSR count). The topological polar surface area (TPSA) is 62.3 Å². The summed E-state index contributed by atoms with van der Waals surface area (Å²) in [4.78, 5) is 29.9. The van der Waals surface area contributed by atoms with Gasteiger partial charge in [0.1, 0.15) is 0 Å². The van der Waals surface area contributed by atoms with Gasteiger partial charge < -0.3 is 10.2 Å². The van der Waals surface area contributed by atoms with E-state index < -0.39 is 0 Å². The van der Waals surface area contributed by atoms with E-state index in [1.54, 1.807) is 18.3 Å². The van der Waals surface area contributed by atoms with E-state index in [1.165, 1.54) is 0 Å². The lowest BCUT2D eigenvalue weighted by Gasteiger charge is -2.31. The fourth-order valence-electron chi connectivity index (χ4n) is 2.65.